The first-order chi connectivity index (χ1) is 6.97. The molecule has 1 rings (SSSR count). The van der Waals surface area contributed by atoms with Gasteiger partial charge in [-0.15, -0.1) is 0 Å². The minimum Gasteiger partial charge on any atom is -0.467 e. The highest BCUT2D eigenvalue weighted by Gasteiger charge is 2.24. The van der Waals surface area contributed by atoms with Gasteiger partial charge < -0.3 is 14.9 Å². The van der Waals surface area contributed by atoms with Gasteiger partial charge in [-0.2, -0.15) is 4.68 Å². The van der Waals surface area contributed by atoms with Gasteiger partial charge in [-0.25, -0.2) is 4.79 Å². The molecule has 0 saturated heterocycles. The summed E-state index contributed by atoms with van der Waals surface area (Å²) < 4.78 is 5.73. The predicted octanol–water partition coefficient (Wildman–Crippen LogP) is 0.834. The van der Waals surface area contributed by atoms with E-state index in [1.165, 1.54) is 18.0 Å². The van der Waals surface area contributed by atoms with Gasteiger partial charge in [0.05, 0.1) is 24.0 Å². The molecule has 0 radical (unpaired) electrons. The fraction of sp³-hybridized carbons (Fsp3) is 0.500. The summed E-state index contributed by atoms with van der Waals surface area (Å²) in [5, 5.41) is 14.2. The summed E-state index contributed by atoms with van der Waals surface area (Å²) in [4.78, 5) is 21.1. The normalized spacial score (nSPS) is 12.2. The number of esters is 1. The standard InChI is InChI=1S/C8H11N3O4/c1-5-4-10(6(2)8(12)15-3)9-7(5)11(13)14/h4,6H,1-3H3/t6-/m0/s1. The second-order valence-corrected chi connectivity index (χ2v) is 3.07. The monoisotopic (exact) mass is 213 g/mol. The molecule has 0 fully saturated rings. The van der Waals surface area contributed by atoms with Gasteiger partial charge in [0.15, 0.2) is 6.04 Å². The SMILES string of the molecule is COC(=O)[C@H](C)n1cc(C)c([N+](=O)[O-])n1. The minimum absolute atomic E-state index is 0.245. The molecule has 1 heterocycles. The van der Waals surface area contributed by atoms with Crippen molar-refractivity contribution in [2.24, 2.45) is 0 Å². The van der Waals surface area contributed by atoms with Crippen molar-refractivity contribution in [3.8, 4) is 0 Å². The summed E-state index contributed by atoms with van der Waals surface area (Å²) >= 11 is 0. The number of methoxy groups -OCH3 is 1. The van der Waals surface area contributed by atoms with Crippen molar-refractivity contribution in [3.05, 3.63) is 21.9 Å². The van der Waals surface area contributed by atoms with Crippen LogP contribution in [0.5, 0.6) is 0 Å². The van der Waals surface area contributed by atoms with Crippen molar-refractivity contribution >= 4 is 11.8 Å². The van der Waals surface area contributed by atoms with Crippen molar-refractivity contribution in [2.75, 3.05) is 7.11 Å². The number of rotatable bonds is 3. The molecule has 0 aliphatic heterocycles. The van der Waals surface area contributed by atoms with E-state index in [2.05, 4.69) is 9.84 Å². The number of nitro groups is 1. The van der Waals surface area contributed by atoms with Crippen LogP contribution in [0.4, 0.5) is 5.82 Å². The molecule has 1 atom stereocenters. The van der Waals surface area contributed by atoms with Crippen molar-refractivity contribution in [2.45, 2.75) is 19.9 Å². The molecule has 0 aromatic carbocycles. The highest BCUT2D eigenvalue weighted by molar-refractivity contribution is 5.73. The van der Waals surface area contributed by atoms with Crippen LogP contribution in [-0.2, 0) is 9.53 Å². The predicted molar refractivity (Wildman–Crippen MR) is 50.3 cm³/mol. The average Bonchev–Trinajstić information content (AvgIpc) is 2.58. The van der Waals surface area contributed by atoms with E-state index in [1.54, 1.807) is 13.8 Å². The Bertz CT molecular complexity index is 399. The van der Waals surface area contributed by atoms with Crippen LogP contribution in [0.15, 0.2) is 6.20 Å². The fourth-order valence-electron chi connectivity index (χ4n) is 1.13. The van der Waals surface area contributed by atoms with Gasteiger partial charge in [-0.3, -0.25) is 0 Å². The quantitative estimate of drug-likeness (QED) is 0.421. The molecule has 0 spiro atoms. The highest BCUT2D eigenvalue weighted by Crippen LogP contribution is 2.17. The molecule has 0 amide bonds. The Kier molecular flexibility index (Phi) is 3.03. The van der Waals surface area contributed by atoms with Crippen LogP contribution in [0.25, 0.3) is 0 Å². The van der Waals surface area contributed by atoms with E-state index < -0.39 is 16.9 Å². The van der Waals surface area contributed by atoms with Crippen LogP contribution in [0, 0.1) is 17.0 Å². The molecule has 15 heavy (non-hydrogen) atoms. The van der Waals surface area contributed by atoms with Crippen molar-refractivity contribution in [3.63, 3.8) is 0 Å². The molecule has 1 aromatic rings. The third kappa shape index (κ3) is 2.12. The second kappa shape index (κ2) is 4.07. The minimum atomic E-state index is -0.664. The molecule has 0 aliphatic rings. The first kappa shape index (κ1) is 11.2. The lowest BCUT2D eigenvalue weighted by Gasteiger charge is -2.04. The fourth-order valence-corrected chi connectivity index (χ4v) is 1.13. The number of ether oxygens (including phenoxy) is 1. The van der Waals surface area contributed by atoms with E-state index >= 15 is 0 Å². The summed E-state index contributed by atoms with van der Waals surface area (Å²) in [6.07, 6.45) is 1.44. The van der Waals surface area contributed by atoms with Crippen LogP contribution < -0.4 is 0 Å². The van der Waals surface area contributed by atoms with E-state index in [9.17, 15) is 14.9 Å². The Morgan fingerprint density at radius 2 is 2.33 bits per heavy atom. The van der Waals surface area contributed by atoms with Crippen LogP contribution in [0.3, 0.4) is 0 Å². The molecule has 1 aromatic heterocycles. The zero-order valence-corrected chi connectivity index (χ0v) is 8.63. The van der Waals surface area contributed by atoms with Crippen LogP contribution >= 0.6 is 0 Å². The van der Waals surface area contributed by atoms with E-state index in [0.29, 0.717) is 5.56 Å². The van der Waals surface area contributed by atoms with Crippen LogP contribution in [0.2, 0.25) is 0 Å². The Morgan fingerprint density at radius 3 is 2.73 bits per heavy atom. The maximum Gasteiger partial charge on any atom is 0.392 e. The molecular weight excluding hydrogens is 202 g/mol. The maximum atomic E-state index is 11.1. The molecule has 0 bridgehead atoms. The molecule has 7 heteroatoms. The van der Waals surface area contributed by atoms with Gasteiger partial charge in [0.25, 0.3) is 0 Å². The summed E-state index contributed by atoms with van der Waals surface area (Å²) in [6, 6.07) is -0.664. The number of hydrogen-bond acceptors (Lipinski definition) is 5. The Labute approximate surface area is 85.8 Å². The number of aryl methyl sites for hydroxylation is 1. The topological polar surface area (TPSA) is 87.3 Å². The number of hydrogen-bond donors (Lipinski definition) is 0. The molecule has 0 aliphatic carbocycles. The first-order valence-corrected chi connectivity index (χ1v) is 4.25. The van der Waals surface area contributed by atoms with Gasteiger partial charge in [0, 0.05) is 0 Å². The first-order valence-electron chi connectivity index (χ1n) is 4.25. The van der Waals surface area contributed by atoms with Gasteiger partial charge in [-0.05, 0) is 18.8 Å². The van der Waals surface area contributed by atoms with E-state index in [1.807, 2.05) is 0 Å². The van der Waals surface area contributed by atoms with Crippen molar-refractivity contribution in [1.29, 1.82) is 0 Å². The van der Waals surface area contributed by atoms with Gasteiger partial charge in [0.1, 0.15) is 0 Å². The number of carbonyl (C=O) groups is 1. The molecule has 0 saturated carbocycles. The van der Waals surface area contributed by atoms with Gasteiger partial charge >= 0.3 is 11.8 Å². The average molecular weight is 213 g/mol. The van der Waals surface area contributed by atoms with E-state index in [4.69, 9.17) is 0 Å². The van der Waals surface area contributed by atoms with Crippen LogP contribution in [0.1, 0.15) is 18.5 Å². The second-order valence-electron chi connectivity index (χ2n) is 3.07. The molecular formula is C8H11N3O4. The summed E-state index contributed by atoms with van der Waals surface area (Å²) in [5.74, 6) is -0.738. The van der Waals surface area contributed by atoms with Crippen LogP contribution in [-0.4, -0.2) is 27.8 Å². The Balaban J connectivity index is 3.02. The summed E-state index contributed by atoms with van der Waals surface area (Å²) in [7, 11) is 1.25. The lowest BCUT2D eigenvalue weighted by Crippen LogP contribution is -2.18. The van der Waals surface area contributed by atoms with Crippen molar-refractivity contribution < 1.29 is 14.5 Å². The highest BCUT2D eigenvalue weighted by atomic mass is 16.6. The Hall–Kier alpha value is -1.92. The zero-order valence-electron chi connectivity index (χ0n) is 8.63. The van der Waals surface area contributed by atoms with Gasteiger partial charge in [0.2, 0.25) is 0 Å². The molecule has 82 valence electrons. The number of carbonyl (C=O) groups excluding carboxylic acids is 1. The third-order valence-corrected chi connectivity index (χ3v) is 2.00. The Morgan fingerprint density at radius 1 is 1.73 bits per heavy atom. The van der Waals surface area contributed by atoms with E-state index in [-0.39, 0.29) is 5.82 Å². The summed E-state index contributed by atoms with van der Waals surface area (Å²) in [5.41, 5.74) is 0.413. The van der Waals surface area contributed by atoms with E-state index in [0.717, 1.165) is 0 Å². The number of nitrogens with zero attached hydrogens (tertiary/aromatic N) is 3. The zero-order chi connectivity index (χ0) is 11.6. The summed E-state index contributed by atoms with van der Waals surface area (Å²) in [6.45, 7) is 3.12. The van der Waals surface area contributed by atoms with Gasteiger partial charge in [-0.1, -0.05) is 0 Å². The largest absolute Gasteiger partial charge is 0.467 e. The third-order valence-electron chi connectivity index (χ3n) is 2.00. The molecule has 7 nitrogen and oxygen atoms in total. The lowest BCUT2D eigenvalue weighted by atomic mass is 10.3. The maximum absolute atomic E-state index is 11.1. The molecule has 0 N–H and O–H groups in total. The lowest BCUT2D eigenvalue weighted by molar-refractivity contribution is -0.390. The van der Waals surface area contributed by atoms with Crippen molar-refractivity contribution in [1.82, 2.24) is 9.78 Å². The molecule has 0 unspecified atom stereocenters. The smallest absolute Gasteiger partial charge is 0.392 e. The number of aromatic nitrogens is 2.